The lowest BCUT2D eigenvalue weighted by Crippen LogP contribution is -2.27. The lowest BCUT2D eigenvalue weighted by molar-refractivity contribution is 0.0636. The number of nitrogens with one attached hydrogen (secondary N) is 1. The Morgan fingerprint density at radius 1 is 1.44 bits per heavy atom. The van der Waals surface area contributed by atoms with Gasteiger partial charge in [-0.25, -0.2) is 14.6 Å². The minimum absolute atomic E-state index is 0.0387. The van der Waals surface area contributed by atoms with Crippen LogP contribution in [-0.4, -0.2) is 27.8 Å². The van der Waals surface area contributed by atoms with E-state index in [9.17, 15) is 9.59 Å². The summed E-state index contributed by atoms with van der Waals surface area (Å²) >= 11 is 5.66. The summed E-state index contributed by atoms with van der Waals surface area (Å²) in [5, 5.41) is 11.1. The first kappa shape index (κ1) is 14.2. The van der Waals surface area contributed by atoms with Crippen LogP contribution in [0.1, 0.15) is 31.1 Å². The maximum atomic E-state index is 11.5. The van der Waals surface area contributed by atoms with Crippen LogP contribution in [0.5, 0.6) is 0 Å². The van der Waals surface area contributed by atoms with Crippen molar-refractivity contribution in [2.75, 3.05) is 5.32 Å². The molecule has 0 fully saturated rings. The first-order valence-electron chi connectivity index (χ1n) is 5.08. The van der Waals surface area contributed by atoms with Crippen molar-refractivity contribution in [3.8, 4) is 0 Å². The molecule has 0 saturated carbocycles. The van der Waals surface area contributed by atoms with Crippen molar-refractivity contribution in [3.63, 3.8) is 0 Å². The van der Waals surface area contributed by atoms with Crippen LogP contribution in [0.4, 0.5) is 10.5 Å². The summed E-state index contributed by atoms with van der Waals surface area (Å²) in [4.78, 5) is 26.2. The number of carboxylic acids is 1. The molecule has 2 N–H and O–H groups in total. The van der Waals surface area contributed by atoms with Crippen molar-refractivity contribution in [1.29, 1.82) is 0 Å². The molecule has 0 aliphatic rings. The standard InChI is InChI=1S/C11H13ClN2O4/c1-11(2,3)18-10(17)14-6-4-5-13-8(12)7(6)9(15)16/h4-5H,1-3H3,(H,15,16)(H,13,14,17). The van der Waals surface area contributed by atoms with E-state index in [0.717, 1.165) is 0 Å². The third-order valence-electron chi connectivity index (χ3n) is 1.75. The number of carbonyl (C=O) groups is 2. The molecule has 0 aliphatic carbocycles. The molecule has 1 aromatic heterocycles. The predicted octanol–water partition coefficient (Wildman–Crippen LogP) is 2.78. The van der Waals surface area contributed by atoms with Gasteiger partial charge in [0.05, 0.1) is 5.69 Å². The molecule has 0 radical (unpaired) electrons. The van der Waals surface area contributed by atoms with E-state index in [-0.39, 0.29) is 16.4 Å². The highest BCUT2D eigenvalue weighted by Crippen LogP contribution is 2.22. The molecule has 1 amide bonds. The van der Waals surface area contributed by atoms with Gasteiger partial charge in [-0.3, -0.25) is 5.32 Å². The van der Waals surface area contributed by atoms with E-state index in [0.29, 0.717) is 0 Å². The number of carbonyl (C=O) groups excluding carboxylic acids is 1. The zero-order chi connectivity index (χ0) is 13.9. The molecule has 0 atom stereocenters. The molecule has 0 spiro atoms. The number of anilines is 1. The fourth-order valence-corrected chi connectivity index (χ4v) is 1.40. The van der Waals surface area contributed by atoms with Crippen molar-refractivity contribution in [2.45, 2.75) is 26.4 Å². The Hall–Kier alpha value is -1.82. The number of aromatic carboxylic acids is 1. The summed E-state index contributed by atoms with van der Waals surface area (Å²) in [5.74, 6) is -1.28. The van der Waals surface area contributed by atoms with Gasteiger partial charge in [0.2, 0.25) is 0 Å². The molecule has 0 unspecified atom stereocenters. The highest BCUT2D eigenvalue weighted by molar-refractivity contribution is 6.33. The number of aromatic nitrogens is 1. The van der Waals surface area contributed by atoms with Crippen molar-refractivity contribution in [1.82, 2.24) is 4.98 Å². The van der Waals surface area contributed by atoms with Crippen LogP contribution in [0.15, 0.2) is 12.3 Å². The molecule has 1 heterocycles. The Bertz CT molecular complexity index is 482. The molecule has 0 saturated heterocycles. The molecule has 18 heavy (non-hydrogen) atoms. The Morgan fingerprint density at radius 3 is 2.56 bits per heavy atom. The summed E-state index contributed by atoms with van der Waals surface area (Å²) < 4.78 is 5.01. The van der Waals surface area contributed by atoms with Gasteiger partial charge in [-0.15, -0.1) is 0 Å². The number of hydrogen-bond donors (Lipinski definition) is 2. The Balaban J connectivity index is 2.95. The van der Waals surface area contributed by atoms with Crippen LogP contribution in [0.25, 0.3) is 0 Å². The summed E-state index contributed by atoms with van der Waals surface area (Å²) in [6.07, 6.45) is 0.536. The van der Waals surface area contributed by atoms with Gasteiger partial charge >= 0.3 is 12.1 Å². The summed E-state index contributed by atoms with van der Waals surface area (Å²) in [6, 6.07) is 1.33. The number of rotatable bonds is 2. The maximum Gasteiger partial charge on any atom is 0.412 e. The normalized spacial score (nSPS) is 10.9. The minimum atomic E-state index is -1.28. The molecule has 0 bridgehead atoms. The highest BCUT2D eigenvalue weighted by atomic mass is 35.5. The summed E-state index contributed by atoms with van der Waals surface area (Å²) in [5.41, 5.74) is -0.911. The first-order chi connectivity index (χ1) is 8.20. The second kappa shape index (κ2) is 5.22. The smallest absolute Gasteiger partial charge is 0.412 e. The Morgan fingerprint density at radius 2 is 2.06 bits per heavy atom. The predicted molar refractivity (Wildman–Crippen MR) is 66.1 cm³/mol. The zero-order valence-corrected chi connectivity index (χ0v) is 10.9. The van der Waals surface area contributed by atoms with Crippen molar-refractivity contribution in [3.05, 3.63) is 23.0 Å². The highest BCUT2D eigenvalue weighted by Gasteiger charge is 2.20. The molecule has 6 nitrogen and oxygen atoms in total. The number of carboxylic acid groups (broad SMARTS) is 1. The van der Waals surface area contributed by atoms with Crippen LogP contribution in [0.3, 0.4) is 0 Å². The third-order valence-corrected chi connectivity index (χ3v) is 2.04. The number of halogens is 1. The van der Waals surface area contributed by atoms with Gasteiger partial charge in [-0.2, -0.15) is 0 Å². The molecule has 0 aliphatic heterocycles. The summed E-state index contributed by atoms with van der Waals surface area (Å²) in [7, 11) is 0. The van der Waals surface area contributed by atoms with Crippen molar-refractivity contribution >= 4 is 29.4 Å². The van der Waals surface area contributed by atoms with Crippen molar-refractivity contribution < 1.29 is 19.4 Å². The van der Waals surface area contributed by atoms with Crippen molar-refractivity contribution in [2.24, 2.45) is 0 Å². The topological polar surface area (TPSA) is 88.5 Å². The number of pyridine rings is 1. The SMILES string of the molecule is CC(C)(C)OC(=O)Nc1ccnc(Cl)c1C(=O)O. The van der Waals surface area contributed by atoms with Crippen LogP contribution >= 0.6 is 11.6 Å². The second-order valence-corrected chi connectivity index (χ2v) is 4.81. The zero-order valence-electron chi connectivity index (χ0n) is 10.2. The van der Waals surface area contributed by atoms with Gasteiger partial charge in [0.1, 0.15) is 16.3 Å². The Kier molecular flexibility index (Phi) is 4.13. The summed E-state index contributed by atoms with van der Waals surface area (Å²) in [6.45, 7) is 5.10. The monoisotopic (exact) mass is 272 g/mol. The number of ether oxygens (including phenoxy) is 1. The number of amides is 1. The van der Waals surface area contributed by atoms with E-state index >= 15 is 0 Å². The van der Waals surface area contributed by atoms with Crippen LogP contribution in [0.2, 0.25) is 5.15 Å². The third kappa shape index (κ3) is 3.89. The lowest BCUT2D eigenvalue weighted by atomic mass is 10.2. The minimum Gasteiger partial charge on any atom is -0.478 e. The number of nitrogens with zero attached hydrogens (tertiary/aromatic N) is 1. The van der Waals surface area contributed by atoms with Crippen LogP contribution < -0.4 is 5.32 Å². The van der Waals surface area contributed by atoms with E-state index in [1.807, 2.05) is 0 Å². The average Bonchev–Trinajstić information content (AvgIpc) is 2.13. The number of hydrogen-bond acceptors (Lipinski definition) is 4. The molecule has 98 valence electrons. The van der Waals surface area contributed by atoms with Gasteiger partial charge in [-0.1, -0.05) is 11.6 Å². The quantitative estimate of drug-likeness (QED) is 0.808. The Labute approximate surface area is 109 Å². The van der Waals surface area contributed by atoms with E-state index in [2.05, 4.69) is 10.3 Å². The molecule has 1 rings (SSSR count). The largest absolute Gasteiger partial charge is 0.478 e. The van der Waals surface area contributed by atoms with Gasteiger partial charge in [0, 0.05) is 6.20 Å². The van der Waals surface area contributed by atoms with E-state index < -0.39 is 17.7 Å². The van der Waals surface area contributed by atoms with Gasteiger partial charge < -0.3 is 9.84 Å². The van der Waals surface area contributed by atoms with Gasteiger partial charge in [-0.05, 0) is 26.8 Å². The van der Waals surface area contributed by atoms with Gasteiger partial charge in [0.25, 0.3) is 0 Å². The van der Waals surface area contributed by atoms with Crippen LogP contribution in [-0.2, 0) is 4.74 Å². The maximum absolute atomic E-state index is 11.5. The van der Waals surface area contributed by atoms with E-state index in [4.69, 9.17) is 21.4 Å². The molecule has 7 heteroatoms. The molecule has 1 aromatic rings. The molecular weight excluding hydrogens is 260 g/mol. The fourth-order valence-electron chi connectivity index (χ4n) is 1.16. The van der Waals surface area contributed by atoms with Crippen LogP contribution in [0, 0.1) is 0 Å². The fraction of sp³-hybridized carbons (Fsp3) is 0.364. The molecular formula is C11H13ClN2O4. The van der Waals surface area contributed by atoms with Gasteiger partial charge in [0.15, 0.2) is 0 Å². The first-order valence-corrected chi connectivity index (χ1v) is 5.46. The molecule has 0 aromatic carbocycles. The van der Waals surface area contributed by atoms with E-state index in [1.165, 1.54) is 12.3 Å². The van der Waals surface area contributed by atoms with E-state index in [1.54, 1.807) is 20.8 Å². The lowest BCUT2D eigenvalue weighted by Gasteiger charge is -2.20. The average molecular weight is 273 g/mol. The second-order valence-electron chi connectivity index (χ2n) is 4.46.